The Morgan fingerprint density at radius 3 is 2.32 bits per heavy atom. The van der Waals surface area contributed by atoms with Crippen molar-refractivity contribution in [3.8, 4) is 0 Å². The number of carbonyl (C=O) groups excluding carboxylic acids is 3. The molecule has 9 heteroatoms. The molecular weight excluding hydrogens is 339 g/mol. The zero-order chi connectivity index (χ0) is 18.9. The van der Waals surface area contributed by atoms with Crippen LogP contribution in [0.15, 0.2) is 24.3 Å². The van der Waals surface area contributed by atoms with Crippen LogP contribution in [0.4, 0.5) is 18.0 Å². The number of likely N-dealkylation sites (N-methyl/N-ethyl adjacent to an activating group) is 2. The maximum Gasteiger partial charge on any atom is 0.416 e. The normalized spacial score (nSPS) is 18.1. The minimum atomic E-state index is -4.52. The Morgan fingerprint density at radius 2 is 1.80 bits per heavy atom. The molecule has 1 fully saturated rings. The summed E-state index contributed by atoms with van der Waals surface area (Å²) in [5, 5.41) is 0. The molecule has 25 heavy (non-hydrogen) atoms. The summed E-state index contributed by atoms with van der Waals surface area (Å²) in [6, 6.07) is 3.54. The summed E-state index contributed by atoms with van der Waals surface area (Å²) >= 11 is 0. The average Bonchev–Trinajstić information content (AvgIpc) is 2.72. The zero-order valence-electron chi connectivity index (χ0n) is 14.0. The Morgan fingerprint density at radius 1 is 1.20 bits per heavy atom. The molecule has 0 unspecified atom stereocenters. The second-order valence-corrected chi connectivity index (χ2v) is 5.92. The standard InChI is InChI=1S/C16H18F3N3O3/c1-20(9-10-6-4-5-7-11(10)16(17,18)19)13(23)8-12-14(24)22(3)15(25)21(12)2/h4-7,12H,8-9H2,1-3H3/t12-/m1/s1. The lowest BCUT2D eigenvalue weighted by Gasteiger charge is -2.22. The number of halogens is 3. The predicted octanol–water partition coefficient (Wildman–Crippen LogP) is 1.95. The molecular formula is C16H18F3N3O3. The zero-order valence-corrected chi connectivity index (χ0v) is 14.0. The molecule has 1 atom stereocenters. The van der Waals surface area contributed by atoms with E-state index in [1.54, 1.807) is 0 Å². The van der Waals surface area contributed by atoms with E-state index in [0.717, 1.165) is 20.8 Å². The van der Waals surface area contributed by atoms with Gasteiger partial charge < -0.3 is 9.80 Å². The van der Waals surface area contributed by atoms with Crippen LogP contribution >= 0.6 is 0 Å². The van der Waals surface area contributed by atoms with Crippen LogP contribution in [0.1, 0.15) is 17.5 Å². The molecule has 4 amide bonds. The highest BCUT2D eigenvalue weighted by Crippen LogP contribution is 2.32. The molecule has 0 aliphatic carbocycles. The Hall–Kier alpha value is -2.58. The van der Waals surface area contributed by atoms with Crippen molar-refractivity contribution in [3.05, 3.63) is 35.4 Å². The van der Waals surface area contributed by atoms with Crippen LogP contribution in [0, 0.1) is 0 Å². The third kappa shape index (κ3) is 3.75. The van der Waals surface area contributed by atoms with E-state index in [1.165, 1.54) is 39.3 Å². The Balaban J connectivity index is 2.10. The highest BCUT2D eigenvalue weighted by atomic mass is 19.4. The summed E-state index contributed by atoms with van der Waals surface area (Å²) in [6.07, 6.45) is -4.80. The Labute approximate surface area is 142 Å². The quantitative estimate of drug-likeness (QED) is 0.774. The summed E-state index contributed by atoms with van der Waals surface area (Å²) in [5.74, 6) is -1.03. The van der Waals surface area contributed by atoms with E-state index in [1.807, 2.05) is 0 Å². The first kappa shape index (κ1) is 18.8. The molecule has 1 aliphatic heterocycles. The van der Waals surface area contributed by atoms with Gasteiger partial charge in [0.1, 0.15) is 6.04 Å². The van der Waals surface area contributed by atoms with Crippen LogP contribution in [0.5, 0.6) is 0 Å². The summed E-state index contributed by atoms with van der Waals surface area (Å²) in [4.78, 5) is 39.2. The van der Waals surface area contributed by atoms with Gasteiger partial charge in [-0.25, -0.2) is 4.79 Å². The maximum absolute atomic E-state index is 13.0. The minimum absolute atomic E-state index is 0.0369. The molecule has 0 N–H and O–H groups in total. The number of amides is 4. The van der Waals surface area contributed by atoms with Gasteiger partial charge in [0.05, 0.1) is 12.0 Å². The van der Waals surface area contributed by atoms with E-state index in [-0.39, 0.29) is 18.5 Å². The highest BCUT2D eigenvalue weighted by Gasteiger charge is 2.42. The molecule has 0 spiro atoms. The van der Waals surface area contributed by atoms with Crippen molar-refractivity contribution in [2.24, 2.45) is 0 Å². The first-order valence-corrected chi connectivity index (χ1v) is 7.47. The molecule has 6 nitrogen and oxygen atoms in total. The first-order chi connectivity index (χ1) is 11.5. The summed E-state index contributed by atoms with van der Waals surface area (Å²) < 4.78 is 39.1. The van der Waals surface area contributed by atoms with Gasteiger partial charge in [-0.1, -0.05) is 18.2 Å². The van der Waals surface area contributed by atoms with Gasteiger partial charge in [0.25, 0.3) is 5.91 Å². The number of hydrogen-bond donors (Lipinski definition) is 0. The SMILES string of the molecule is CN(Cc1ccccc1C(F)(F)F)C(=O)C[C@@H]1C(=O)N(C)C(=O)N1C. The van der Waals surface area contributed by atoms with Crippen molar-refractivity contribution in [1.29, 1.82) is 0 Å². The van der Waals surface area contributed by atoms with E-state index in [0.29, 0.717) is 0 Å². The van der Waals surface area contributed by atoms with Gasteiger partial charge in [-0.05, 0) is 11.6 Å². The van der Waals surface area contributed by atoms with Crippen LogP contribution < -0.4 is 0 Å². The first-order valence-electron chi connectivity index (χ1n) is 7.47. The van der Waals surface area contributed by atoms with Crippen LogP contribution in [-0.2, 0) is 22.3 Å². The lowest BCUT2D eigenvalue weighted by atomic mass is 10.1. The van der Waals surface area contributed by atoms with Gasteiger partial charge in [-0.3, -0.25) is 14.5 Å². The number of rotatable bonds is 4. The molecule has 1 aliphatic rings. The highest BCUT2D eigenvalue weighted by molar-refractivity contribution is 6.05. The van der Waals surface area contributed by atoms with Crippen LogP contribution in [0.2, 0.25) is 0 Å². The Kier molecular flexibility index (Phi) is 5.05. The van der Waals surface area contributed by atoms with E-state index in [9.17, 15) is 27.6 Å². The lowest BCUT2D eigenvalue weighted by Crippen LogP contribution is -2.38. The third-order valence-electron chi connectivity index (χ3n) is 4.20. The minimum Gasteiger partial charge on any atom is -0.341 e. The van der Waals surface area contributed by atoms with Crippen molar-refractivity contribution in [3.63, 3.8) is 0 Å². The number of hydrogen-bond acceptors (Lipinski definition) is 3. The number of nitrogens with zero attached hydrogens (tertiary/aromatic N) is 3. The van der Waals surface area contributed by atoms with Crippen molar-refractivity contribution in [2.75, 3.05) is 21.1 Å². The van der Waals surface area contributed by atoms with Gasteiger partial charge in [0.15, 0.2) is 0 Å². The average molecular weight is 357 g/mol. The van der Waals surface area contributed by atoms with Gasteiger partial charge in [-0.15, -0.1) is 0 Å². The third-order valence-corrected chi connectivity index (χ3v) is 4.20. The topological polar surface area (TPSA) is 60.9 Å². The largest absolute Gasteiger partial charge is 0.416 e. The fraction of sp³-hybridized carbons (Fsp3) is 0.438. The van der Waals surface area contributed by atoms with Gasteiger partial charge in [-0.2, -0.15) is 13.2 Å². The van der Waals surface area contributed by atoms with Crippen molar-refractivity contribution in [1.82, 2.24) is 14.7 Å². The van der Waals surface area contributed by atoms with Gasteiger partial charge in [0, 0.05) is 27.7 Å². The van der Waals surface area contributed by atoms with Crippen LogP contribution in [0.25, 0.3) is 0 Å². The number of imide groups is 1. The molecule has 1 saturated heterocycles. The molecule has 1 heterocycles. The molecule has 0 saturated carbocycles. The second kappa shape index (κ2) is 6.73. The number of alkyl halides is 3. The fourth-order valence-electron chi connectivity index (χ4n) is 2.68. The van der Waals surface area contributed by atoms with Crippen molar-refractivity contribution < 1.29 is 27.6 Å². The summed E-state index contributed by atoms with van der Waals surface area (Å²) in [7, 11) is 4.08. The molecule has 1 aromatic rings. The van der Waals surface area contributed by atoms with Crippen molar-refractivity contribution >= 4 is 17.8 Å². The van der Waals surface area contributed by atoms with Crippen LogP contribution in [-0.4, -0.2) is 59.7 Å². The van der Waals surface area contributed by atoms with E-state index >= 15 is 0 Å². The maximum atomic E-state index is 13.0. The van der Waals surface area contributed by atoms with E-state index in [4.69, 9.17) is 0 Å². The lowest BCUT2D eigenvalue weighted by molar-refractivity contribution is -0.140. The number of carbonyl (C=O) groups is 3. The molecule has 2 rings (SSSR count). The molecule has 0 bridgehead atoms. The van der Waals surface area contributed by atoms with E-state index in [2.05, 4.69) is 0 Å². The predicted molar refractivity (Wildman–Crippen MR) is 82.3 cm³/mol. The second-order valence-electron chi connectivity index (χ2n) is 5.92. The van der Waals surface area contributed by atoms with Crippen LogP contribution in [0.3, 0.4) is 0 Å². The van der Waals surface area contributed by atoms with Crippen molar-refractivity contribution in [2.45, 2.75) is 25.2 Å². The molecule has 1 aromatic carbocycles. The monoisotopic (exact) mass is 357 g/mol. The number of urea groups is 1. The summed E-state index contributed by atoms with van der Waals surface area (Å²) in [6.45, 7) is -0.247. The summed E-state index contributed by atoms with van der Waals surface area (Å²) in [5.41, 5.74) is -0.844. The Bertz CT molecular complexity index is 705. The van der Waals surface area contributed by atoms with E-state index < -0.39 is 35.6 Å². The number of benzene rings is 1. The molecule has 0 radical (unpaired) electrons. The smallest absolute Gasteiger partial charge is 0.341 e. The molecule has 136 valence electrons. The van der Waals surface area contributed by atoms with Gasteiger partial charge >= 0.3 is 12.2 Å². The van der Waals surface area contributed by atoms with Gasteiger partial charge in [0.2, 0.25) is 5.91 Å². The molecule has 0 aromatic heterocycles. The fourth-order valence-corrected chi connectivity index (χ4v) is 2.68.